The standard InChI is InChI=1S/C26H25F2N5O2/c27-20-4-1-3-18(13-20)26(35)32-11-8-17(9-12-32)22-7-6-21(14-23(22)28)30-25(34)19-15-33(16-19)24-5-2-10-29-31-24/h1-7,10,13-14,17,19H,8-9,11-12,15-16H2,(H,30,34). The van der Waals surface area contributed by atoms with Crippen molar-refractivity contribution >= 4 is 23.3 Å². The second-order valence-electron chi connectivity index (χ2n) is 8.99. The normalized spacial score (nSPS) is 16.6. The molecule has 9 heteroatoms. The number of aromatic nitrogens is 2. The third-order valence-corrected chi connectivity index (χ3v) is 6.70. The number of amides is 2. The Bertz CT molecular complexity index is 1230. The Balaban J connectivity index is 1.14. The molecular weight excluding hydrogens is 452 g/mol. The summed E-state index contributed by atoms with van der Waals surface area (Å²) in [5, 5.41) is 10.7. The van der Waals surface area contributed by atoms with Gasteiger partial charge in [0, 0.05) is 43.6 Å². The van der Waals surface area contributed by atoms with Gasteiger partial charge in [0.25, 0.3) is 5.91 Å². The highest BCUT2D eigenvalue weighted by molar-refractivity contribution is 5.95. The summed E-state index contributed by atoms with van der Waals surface area (Å²) in [5.41, 5.74) is 1.33. The molecule has 2 aliphatic rings. The number of rotatable bonds is 5. The minimum Gasteiger partial charge on any atom is -0.353 e. The molecule has 2 saturated heterocycles. The molecule has 3 aromatic rings. The van der Waals surface area contributed by atoms with Crippen LogP contribution < -0.4 is 10.2 Å². The number of benzene rings is 2. The molecule has 5 rings (SSSR count). The second kappa shape index (κ2) is 9.77. The number of nitrogens with one attached hydrogen (secondary N) is 1. The molecule has 0 spiro atoms. The third-order valence-electron chi connectivity index (χ3n) is 6.70. The van der Waals surface area contributed by atoms with Gasteiger partial charge in [-0.1, -0.05) is 12.1 Å². The molecule has 1 aromatic heterocycles. The Morgan fingerprint density at radius 2 is 1.77 bits per heavy atom. The summed E-state index contributed by atoms with van der Waals surface area (Å²) >= 11 is 0. The quantitative estimate of drug-likeness (QED) is 0.604. The first-order chi connectivity index (χ1) is 17.0. The van der Waals surface area contributed by atoms with Crippen LogP contribution in [-0.4, -0.2) is 53.1 Å². The van der Waals surface area contributed by atoms with Crippen LogP contribution in [0.3, 0.4) is 0 Å². The van der Waals surface area contributed by atoms with Crippen molar-refractivity contribution in [2.24, 2.45) is 5.92 Å². The number of carbonyl (C=O) groups is 2. The van der Waals surface area contributed by atoms with Gasteiger partial charge in [-0.3, -0.25) is 9.59 Å². The van der Waals surface area contributed by atoms with Crippen LogP contribution in [0.4, 0.5) is 20.3 Å². The smallest absolute Gasteiger partial charge is 0.253 e. The molecule has 3 heterocycles. The Hall–Kier alpha value is -3.88. The SMILES string of the molecule is O=C(Nc1ccc(C2CCN(C(=O)c3cccc(F)c3)CC2)c(F)c1)C1CN(c2cccnn2)C1. The summed E-state index contributed by atoms with van der Waals surface area (Å²) in [6, 6.07) is 14.1. The molecule has 0 bridgehead atoms. The van der Waals surface area contributed by atoms with Gasteiger partial charge in [0.1, 0.15) is 11.6 Å². The first-order valence-corrected chi connectivity index (χ1v) is 11.7. The van der Waals surface area contributed by atoms with Gasteiger partial charge in [-0.2, -0.15) is 5.10 Å². The summed E-state index contributed by atoms with van der Waals surface area (Å²) in [5.74, 6) is -0.664. The van der Waals surface area contributed by atoms with Gasteiger partial charge in [-0.05, 0) is 66.8 Å². The number of hydrogen-bond acceptors (Lipinski definition) is 5. The maximum atomic E-state index is 14.9. The highest BCUT2D eigenvalue weighted by Crippen LogP contribution is 2.32. The number of anilines is 2. The molecule has 0 aliphatic carbocycles. The van der Waals surface area contributed by atoms with Crippen molar-refractivity contribution in [1.29, 1.82) is 0 Å². The van der Waals surface area contributed by atoms with Crippen molar-refractivity contribution in [3.05, 3.63) is 83.6 Å². The zero-order chi connectivity index (χ0) is 24.4. The van der Waals surface area contributed by atoms with Crippen molar-refractivity contribution in [3.63, 3.8) is 0 Å². The van der Waals surface area contributed by atoms with Crippen molar-refractivity contribution < 1.29 is 18.4 Å². The Morgan fingerprint density at radius 1 is 0.971 bits per heavy atom. The molecular formula is C26H25F2N5O2. The summed E-state index contributed by atoms with van der Waals surface area (Å²) in [6.07, 6.45) is 2.83. The van der Waals surface area contributed by atoms with Crippen molar-refractivity contribution in [3.8, 4) is 0 Å². The van der Waals surface area contributed by atoms with Crippen LogP contribution >= 0.6 is 0 Å². The van der Waals surface area contributed by atoms with E-state index in [1.54, 1.807) is 35.4 Å². The minimum atomic E-state index is -0.444. The number of nitrogens with zero attached hydrogens (tertiary/aromatic N) is 4. The molecule has 2 aromatic carbocycles. The van der Waals surface area contributed by atoms with Gasteiger partial charge < -0.3 is 15.1 Å². The molecule has 0 atom stereocenters. The van der Waals surface area contributed by atoms with E-state index in [-0.39, 0.29) is 29.5 Å². The van der Waals surface area contributed by atoms with E-state index in [2.05, 4.69) is 15.5 Å². The highest BCUT2D eigenvalue weighted by atomic mass is 19.1. The van der Waals surface area contributed by atoms with Gasteiger partial charge in [-0.15, -0.1) is 5.10 Å². The van der Waals surface area contributed by atoms with Crippen molar-refractivity contribution in [1.82, 2.24) is 15.1 Å². The molecule has 7 nitrogen and oxygen atoms in total. The predicted molar refractivity (Wildman–Crippen MR) is 127 cm³/mol. The monoisotopic (exact) mass is 477 g/mol. The first kappa shape index (κ1) is 22.9. The van der Waals surface area contributed by atoms with Crippen LogP contribution in [0.2, 0.25) is 0 Å². The highest BCUT2D eigenvalue weighted by Gasteiger charge is 2.34. The fourth-order valence-corrected chi connectivity index (χ4v) is 4.67. The van der Waals surface area contributed by atoms with Gasteiger partial charge in [0.2, 0.25) is 5.91 Å². The Kier molecular flexibility index (Phi) is 6.39. The van der Waals surface area contributed by atoms with Gasteiger partial charge in [0.15, 0.2) is 5.82 Å². The average molecular weight is 478 g/mol. The molecule has 0 radical (unpaired) electrons. The molecule has 1 N–H and O–H groups in total. The fraction of sp³-hybridized carbons (Fsp3) is 0.308. The van der Waals surface area contributed by atoms with Crippen LogP contribution in [0.25, 0.3) is 0 Å². The maximum absolute atomic E-state index is 14.9. The van der Waals surface area contributed by atoms with Gasteiger partial charge >= 0.3 is 0 Å². The summed E-state index contributed by atoms with van der Waals surface area (Å²) < 4.78 is 28.4. The summed E-state index contributed by atoms with van der Waals surface area (Å²) in [6.45, 7) is 2.03. The van der Waals surface area contributed by atoms with E-state index < -0.39 is 5.82 Å². The van der Waals surface area contributed by atoms with Crippen molar-refractivity contribution in [2.75, 3.05) is 36.4 Å². The lowest BCUT2D eigenvalue weighted by Gasteiger charge is -2.38. The average Bonchev–Trinajstić information content (AvgIpc) is 2.84. The van der Waals surface area contributed by atoms with E-state index in [1.807, 2.05) is 11.0 Å². The van der Waals surface area contributed by atoms with E-state index in [9.17, 15) is 18.4 Å². The number of halogens is 2. The third kappa shape index (κ3) is 4.99. The topological polar surface area (TPSA) is 78.4 Å². The molecule has 0 saturated carbocycles. The number of carbonyl (C=O) groups excluding carboxylic acids is 2. The summed E-state index contributed by atoms with van der Waals surface area (Å²) in [4.78, 5) is 28.8. The van der Waals surface area contributed by atoms with Crippen LogP contribution in [0.15, 0.2) is 60.8 Å². The molecule has 2 fully saturated rings. The molecule has 2 aliphatic heterocycles. The minimum absolute atomic E-state index is 0.0246. The fourth-order valence-electron chi connectivity index (χ4n) is 4.67. The number of piperidine rings is 1. The first-order valence-electron chi connectivity index (χ1n) is 11.7. The van der Waals surface area contributed by atoms with Gasteiger partial charge in [-0.25, -0.2) is 8.78 Å². The van der Waals surface area contributed by atoms with E-state index in [1.165, 1.54) is 24.3 Å². The lowest BCUT2D eigenvalue weighted by Crippen LogP contribution is -2.52. The maximum Gasteiger partial charge on any atom is 0.253 e. The van der Waals surface area contributed by atoms with E-state index in [4.69, 9.17) is 0 Å². The second-order valence-corrected chi connectivity index (χ2v) is 8.99. The molecule has 0 unspecified atom stereocenters. The van der Waals surface area contributed by atoms with E-state index in [0.717, 1.165) is 5.82 Å². The lowest BCUT2D eigenvalue weighted by atomic mass is 9.88. The van der Waals surface area contributed by atoms with E-state index in [0.29, 0.717) is 55.8 Å². The predicted octanol–water partition coefficient (Wildman–Crippen LogP) is 3.85. The van der Waals surface area contributed by atoms with Crippen LogP contribution in [0.1, 0.15) is 34.7 Å². The lowest BCUT2D eigenvalue weighted by molar-refractivity contribution is -0.120. The molecule has 2 amide bonds. The largest absolute Gasteiger partial charge is 0.353 e. The van der Waals surface area contributed by atoms with Crippen LogP contribution in [-0.2, 0) is 4.79 Å². The zero-order valence-corrected chi connectivity index (χ0v) is 19.0. The van der Waals surface area contributed by atoms with Gasteiger partial charge in [0.05, 0.1) is 5.92 Å². The number of likely N-dealkylation sites (tertiary alicyclic amines) is 1. The van der Waals surface area contributed by atoms with Crippen molar-refractivity contribution in [2.45, 2.75) is 18.8 Å². The Labute approximate surface area is 201 Å². The molecule has 180 valence electrons. The summed E-state index contributed by atoms with van der Waals surface area (Å²) in [7, 11) is 0. The number of hydrogen-bond donors (Lipinski definition) is 1. The van der Waals surface area contributed by atoms with E-state index >= 15 is 0 Å². The van der Waals surface area contributed by atoms with Crippen LogP contribution in [0, 0.1) is 17.6 Å². The Morgan fingerprint density at radius 3 is 2.46 bits per heavy atom. The molecule has 35 heavy (non-hydrogen) atoms. The zero-order valence-electron chi connectivity index (χ0n) is 19.0. The van der Waals surface area contributed by atoms with Crippen LogP contribution in [0.5, 0.6) is 0 Å².